The molecule has 0 aromatic carbocycles. The average molecular weight is 242 g/mol. The lowest BCUT2D eigenvalue weighted by Gasteiger charge is -2.23. The highest BCUT2D eigenvalue weighted by Crippen LogP contribution is 2.28. The van der Waals surface area contributed by atoms with Gasteiger partial charge in [-0.2, -0.15) is 4.98 Å². The molecular formula is C11H16ClN3O. The third kappa shape index (κ3) is 2.55. The van der Waals surface area contributed by atoms with Crippen LogP contribution in [-0.2, 0) is 0 Å². The average Bonchev–Trinajstić information content (AvgIpc) is 2.27. The number of nitrogens with zero attached hydrogens (tertiary/aromatic N) is 2. The van der Waals surface area contributed by atoms with Crippen molar-refractivity contribution in [3.63, 3.8) is 0 Å². The first-order chi connectivity index (χ1) is 7.66. The molecule has 1 heterocycles. The Morgan fingerprint density at radius 1 is 1.25 bits per heavy atom. The lowest BCUT2D eigenvalue weighted by atomic mass is 9.98. The molecule has 1 aromatic heterocycles. The van der Waals surface area contributed by atoms with Gasteiger partial charge < -0.3 is 10.5 Å². The van der Waals surface area contributed by atoms with E-state index in [9.17, 15) is 0 Å². The van der Waals surface area contributed by atoms with Crippen LogP contribution in [0.25, 0.3) is 0 Å². The molecule has 0 atom stereocenters. The Kier molecular flexibility index (Phi) is 3.49. The van der Waals surface area contributed by atoms with Crippen LogP contribution in [0.3, 0.4) is 0 Å². The largest absolute Gasteiger partial charge is 0.473 e. The van der Waals surface area contributed by atoms with Gasteiger partial charge in [0, 0.05) is 0 Å². The minimum atomic E-state index is 0.192. The normalized spacial score (nSPS) is 17.4. The van der Waals surface area contributed by atoms with E-state index in [0.717, 1.165) is 12.8 Å². The van der Waals surface area contributed by atoms with E-state index >= 15 is 0 Å². The first-order valence-corrected chi connectivity index (χ1v) is 6.01. The quantitative estimate of drug-likeness (QED) is 0.809. The number of nitrogen functional groups attached to an aromatic ring is 1. The maximum Gasteiger partial charge on any atom is 0.242 e. The van der Waals surface area contributed by atoms with Crippen LogP contribution < -0.4 is 10.5 Å². The van der Waals surface area contributed by atoms with Gasteiger partial charge in [0.05, 0.1) is 5.69 Å². The van der Waals surface area contributed by atoms with Crippen LogP contribution in [0.5, 0.6) is 5.88 Å². The standard InChI is InChI=1S/C11H16ClN3O/c1-7-9(13)10(15-11(12)14-7)16-8-5-3-2-4-6-8/h8H,2-6,13H2,1H3. The monoisotopic (exact) mass is 241 g/mol. The Morgan fingerprint density at radius 2 is 1.94 bits per heavy atom. The highest BCUT2D eigenvalue weighted by molar-refractivity contribution is 6.28. The molecule has 1 saturated carbocycles. The third-order valence-electron chi connectivity index (χ3n) is 2.90. The van der Waals surface area contributed by atoms with Gasteiger partial charge in [0.15, 0.2) is 0 Å². The molecule has 2 rings (SSSR count). The fraction of sp³-hybridized carbons (Fsp3) is 0.636. The van der Waals surface area contributed by atoms with E-state index in [-0.39, 0.29) is 11.4 Å². The van der Waals surface area contributed by atoms with Crippen molar-refractivity contribution in [2.45, 2.75) is 45.1 Å². The van der Waals surface area contributed by atoms with Crippen LogP contribution in [0.1, 0.15) is 37.8 Å². The molecular weight excluding hydrogens is 226 g/mol. The molecule has 1 aromatic rings. The van der Waals surface area contributed by atoms with Gasteiger partial charge in [-0.25, -0.2) is 4.98 Å². The first-order valence-electron chi connectivity index (χ1n) is 5.63. The summed E-state index contributed by atoms with van der Waals surface area (Å²) in [5.41, 5.74) is 7.03. The third-order valence-corrected chi connectivity index (χ3v) is 3.07. The van der Waals surface area contributed by atoms with Crippen molar-refractivity contribution in [2.75, 3.05) is 5.73 Å². The zero-order valence-corrected chi connectivity index (χ0v) is 10.1. The van der Waals surface area contributed by atoms with Gasteiger partial charge in [0.1, 0.15) is 11.8 Å². The maximum absolute atomic E-state index is 5.86. The molecule has 0 saturated heterocycles. The predicted octanol–water partition coefficient (Wildman–Crippen LogP) is 2.73. The van der Waals surface area contributed by atoms with E-state index in [0.29, 0.717) is 17.3 Å². The van der Waals surface area contributed by atoms with Crippen molar-refractivity contribution in [2.24, 2.45) is 0 Å². The molecule has 0 unspecified atom stereocenters. The Hall–Kier alpha value is -1.03. The molecule has 0 aliphatic heterocycles. The SMILES string of the molecule is Cc1nc(Cl)nc(OC2CCCCC2)c1N. The van der Waals surface area contributed by atoms with Crippen molar-refractivity contribution < 1.29 is 4.74 Å². The smallest absolute Gasteiger partial charge is 0.242 e. The molecule has 1 aliphatic carbocycles. The zero-order chi connectivity index (χ0) is 11.5. The van der Waals surface area contributed by atoms with Crippen LogP contribution in [-0.4, -0.2) is 16.1 Å². The van der Waals surface area contributed by atoms with Gasteiger partial charge >= 0.3 is 0 Å². The van der Waals surface area contributed by atoms with Gasteiger partial charge in [0.25, 0.3) is 0 Å². The van der Waals surface area contributed by atoms with Crippen LogP contribution in [0.15, 0.2) is 0 Å². The lowest BCUT2D eigenvalue weighted by molar-refractivity contribution is 0.149. The van der Waals surface area contributed by atoms with Crippen molar-refractivity contribution in [1.82, 2.24) is 9.97 Å². The van der Waals surface area contributed by atoms with Crippen LogP contribution in [0.2, 0.25) is 5.28 Å². The highest BCUT2D eigenvalue weighted by atomic mass is 35.5. The van der Waals surface area contributed by atoms with E-state index in [1.54, 1.807) is 6.92 Å². The summed E-state index contributed by atoms with van der Waals surface area (Å²) in [6, 6.07) is 0. The molecule has 16 heavy (non-hydrogen) atoms. The van der Waals surface area contributed by atoms with Gasteiger partial charge in [-0.05, 0) is 44.2 Å². The molecule has 0 amide bonds. The summed E-state index contributed by atoms with van der Waals surface area (Å²) >= 11 is 5.78. The van der Waals surface area contributed by atoms with E-state index in [1.807, 2.05) is 0 Å². The fourth-order valence-electron chi connectivity index (χ4n) is 1.95. The number of aromatic nitrogens is 2. The number of anilines is 1. The topological polar surface area (TPSA) is 61.0 Å². The second-order valence-electron chi connectivity index (χ2n) is 4.17. The Bertz CT molecular complexity index is 378. The molecule has 88 valence electrons. The maximum atomic E-state index is 5.86. The summed E-state index contributed by atoms with van der Waals surface area (Å²) in [7, 11) is 0. The predicted molar refractivity (Wildman–Crippen MR) is 63.7 cm³/mol. The molecule has 5 heteroatoms. The number of halogens is 1. The van der Waals surface area contributed by atoms with Crippen LogP contribution in [0, 0.1) is 6.92 Å². The molecule has 1 aliphatic rings. The van der Waals surface area contributed by atoms with Gasteiger partial charge in [-0.15, -0.1) is 0 Å². The van der Waals surface area contributed by atoms with E-state index in [1.165, 1.54) is 19.3 Å². The summed E-state index contributed by atoms with van der Waals surface area (Å²) in [6.07, 6.45) is 6.07. The summed E-state index contributed by atoms with van der Waals surface area (Å²) in [5.74, 6) is 0.435. The van der Waals surface area contributed by atoms with Crippen molar-refractivity contribution in [3.05, 3.63) is 11.0 Å². The fourth-order valence-corrected chi connectivity index (χ4v) is 2.16. The van der Waals surface area contributed by atoms with E-state index in [2.05, 4.69) is 9.97 Å². The second-order valence-corrected chi connectivity index (χ2v) is 4.51. The van der Waals surface area contributed by atoms with Gasteiger partial charge in [-0.3, -0.25) is 0 Å². The zero-order valence-electron chi connectivity index (χ0n) is 9.37. The van der Waals surface area contributed by atoms with Crippen LogP contribution >= 0.6 is 11.6 Å². The molecule has 4 nitrogen and oxygen atoms in total. The molecule has 0 bridgehead atoms. The summed E-state index contributed by atoms with van der Waals surface area (Å²) in [5, 5.41) is 0.192. The minimum Gasteiger partial charge on any atom is -0.473 e. The number of nitrogens with two attached hydrogens (primary N) is 1. The molecule has 0 radical (unpaired) electrons. The first kappa shape index (κ1) is 11.5. The summed E-state index contributed by atoms with van der Waals surface area (Å²) < 4.78 is 5.79. The summed E-state index contributed by atoms with van der Waals surface area (Å²) in [4.78, 5) is 8.01. The lowest BCUT2D eigenvalue weighted by Crippen LogP contribution is -2.21. The van der Waals surface area contributed by atoms with Gasteiger partial charge in [0.2, 0.25) is 11.2 Å². The number of ether oxygens (including phenoxy) is 1. The van der Waals surface area contributed by atoms with E-state index < -0.39 is 0 Å². The van der Waals surface area contributed by atoms with E-state index in [4.69, 9.17) is 22.1 Å². The molecule has 2 N–H and O–H groups in total. The highest BCUT2D eigenvalue weighted by Gasteiger charge is 2.18. The second kappa shape index (κ2) is 4.87. The molecule has 1 fully saturated rings. The Labute approximate surface area is 100 Å². The number of hydrogen-bond acceptors (Lipinski definition) is 4. The van der Waals surface area contributed by atoms with Gasteiger partial charge in [-0.1, -0.05) is 6.42 Å². The number of aryl methyl sites for hydroxylation is 1. The minimum absolute atomic E-state index is 0.192. The van der Waals surface area contributed by atoms with Crippen LogP contribution in [0.4, 0.5) is 5.69 Å². The van der Waals surface area contributed by atoms with Crippen molar-refractivity contribution >= 4 is 17.3 Å². The van der Waals surface area contributed by atoms with Crippen molar-refractivity contribution in [1.29, 1.82) is 0 Å². The Balaban J connectivity index is 2.13. The molecule has 0 spiro atoms. The summed E-state index contributed by atoms with van der Waals surface area (Å²) in [6.45, 7) is 1.80. The number of hydrogen-bond donors (Lipinski definition) is 1. The number of rotatable bonds is 2. The van der Waals surface area contributed by atoms with Crippen molar-refractivity contribution in [3.8, 4) is 5.88 Å². The Morgan fingerprint density at radius 3 is 2.62 bits per heavy atom.